The van der Waals surface area contributed by atoms with E-state index in [0.29, 0.717) is 48.1 Å². The van der Waals surface area contributed by atoms with Gasteiger partial charge >= 0.3 is 24.4 Å². The molecule has 0 unspecified atom stereocenters. The molecule has 2 heterocycles. The van der Waals surface area contributed by atoms with Gasteiger partial charge in [-0.3, -0.25) is 9.69 Å². The van der Waals surface area contributed by atoms with Crippen molar-refractivity contribution in [2.45, 2.75) is 83.9 Å². The van der Waals surface area contributed by atoms with E-state index in [1.807, 2.05) is 19.1 Å². The van der Waals surface area contributed by atoms with E-state index in [1.54, 1.807) is 6.92 Å². The number of carbonyl (C=O) groups is 2. The fourth-order valence-corrected chi connectivity index (χ4v) is 6.17. The fourth-order valence-electron chi connectivity index (χ4n) is 6.17. The number of carboxylic acids is 1. The summed E-state index contributed by atoms with van der Waals surface area (Å²) in [7, 11) is 0. The van der Waals surface area contributed by atoms with Crippen molar-refractivity contribution in [2.75, 3.05) is 18.0 Å². The summed E-state index contributed by atoms with van der Waals surface area (Å²) in [4.78, 5) is 32.3. The summed E-state index contributed by atoms with van der Waals surface area (Å²) in [5, 5.41) is 9.13. The minimum absolute atomic E-state index is 0.0416. The normalized spacial score (nSPS) is 22.3. The summed E-state index contributed by atoms with van der Waals surface area (Å²) in [6.07, 6.45) is -8.81. The van der Waals surface area contributed by atoms with E-state index in [-0.39, 0.29) is 24.9 Å². The number of hydrogen-bond donors (Lipinski definition) is 1. The molecule has 1 amide bonds. The number of alkyl halides is 6. The second kappa shape index (κ2) is 13.3. The summed E-state index contributed by atoms with van der Waals surface area (Å²) < 4.78 is 86.5. The number of pyridine rings is 1. The van der Waals surface area contributed by atoms with Gasteiger partial charge in [-0.25, -0.2) is 9.78 Å². The Bertz CT molecular complexity index is 1390. The Kier molecular flexibility index (Phi) is 10.1. The van der Waals surface area contributed by atoms with Gasteiger partial charge in [-0.15, -0.1) is 0 Å². The van der Waals surface area contributed by atoms with Crippen LogP contribution in [0.3, 0.4) is 0 Å². The minimum atomic E-state index is -5.04. The Morgan fingerprint density at radius 3 is 2.13 bits per heavy atom. The summed E-state index contributed by atoms with van der Waals surface area (Å²) in [5.74, 6) is -0.333. The molecule has 2 atom stereocenters. The van der Waals surface area contributed by atoms with Gasteiger partial charge in [0.1, 0.15) is 6.10 Å². The average molecular weight is 642 g/mol. The number of benzene rings is 1. The molecule has 1 aromatic carbocycles. The number of aromatic nitrogens is 1. The van der Waals surface area contributed by atoms with Gasteiger partial charge in [0.15, 0.2) is 0 Å². The van der Waals surface area contributed by atoms with Crippen LogP contribution in [-0.2, 0) is 28.4 Å². The first-order chi connectivity index (χ1) is 21.0. The molecule has 0 spiro atoms. The van der Waals surface area contributed by atoms with Crippen LogP contribution in [0.4, 0.5) is 36.8 Å². The first kappa shape index (κ1) is 34.1. The van der Waals surface area contributed by atoms with Gasteiger partial charge in [-0.2, -0.15) is 26.3 Å². The third-order valence-corrected chi connectivity index (χ3v) is 8.67. The highest BCUT2D eigenvalue weighted by Crippen LogP contribution is 2.41. The second-order valence-corrected chi connectivity index (χ2v) is 12.0. The average Bonchev–Trinajstić information content (AvgIpc) is 3.24. The Balaban J connectivity index is 1.61. The minimum Gasteiger partial charge on any atom is -0.481 e. The number of ether oxygens (including phenoxy) is 1. The molecule has 2 aliphatic rings. The fraction of sp³-hybridized carbons (Fsp3) is 0.531. The molecule has 1 aromatic heterocycles. The highest BCUT2D eigenvalue weighted by molar-refractivity contribution is 5.72. The van der Waals surface area contributed by atoms with Crippen LogP contribution in [0.1, 0.15) is 87.1 Å². The molecule has 4 rings (SSSR count). The van der Waals surface area contributed by atoms with E-state index in [9.17, 15) is 35.9 Å². The molecular weight excluding hydrogens is 604 g/mol. The summed E-state index contributed by atoms with van der Waals surface area (Å²) >= 11 is 0. The van der Waals surface area contributed by atoms with Gasteiger partial charge in [-0.1, -0.05) is 6.58 Å². The van der Waals surface area contributed by atoms with E-state index in [0.717, 1.165) is 31.4 Å². The molecule has 0 radical (unpaired) electrons. The van der Waals surface area contributed by atoms with E-state index < -0.39 is 53.3 Å². The van der Waals surface area contributed by atoms with Gasteiger partial charge < -0.3 is 14.7 Å². The van der Waals surface area contributed by atoms with Crippen LogP contribution < -0.4 is 4.90 Å². The Labute approximate surface area is 257 Å². The van der Waals surface area contributed by atoms with Crippen LogP contribution in [-0.4, -0.2) is 46.2 Å². The number of rotatable bonds is 10. The number of anilines is 1. The topological polar surface area (TPSA) is 83.0 Å². The zero-order valence-electron chi connectivity index (χ0n) is 25.3. The monoisotopic (exact) mass is 641 g/mol. The summed E-state index contributed by atoms with van der Waals surface area (Å²) in [6.45, 7) is 10.4. The predicted molar refractivity (Wildman–Crippen MR) is 155 cm³/mol. The third kappa shape index (κ3) is 8.09. The lowest BCUT2D eigenvalue weighted by molar-refractivity contribution is -0.143. The quantitative estimate of drug-likeness (QED) is 0.263. The largest absolute Gasteiger partial charge is 0.481 e. The Hall–Kier alpha value is -3.77. The Morgan fingerprint density at radius 2 is 1.62 bits per heavy atom. The standard InChI is InChI=1S/C32H37F6N3O4/c1-5-40(16-21-8-6-20(7-9-21)12-28(42)43)27-11-10-25(18(2)3)39-26(27)17-41-19(4)29(45-30(41)44)22-13-23(31(33,34)35)15-24(14-22)32(36,37)38/h10-11,13-15,19-21,29H,2,5-9,12,16-17H2,1,3-4H3,(H,42,43)/t19-,20-,21-,29-/m0/s1. The van der Waals surface area contributed by atoms with Crippen LogP contribution >= 0.6 is 0 Å². The number of allylic oxidation sites excluding steroid dienone is 1. The molecule has 2 fully saturated rings. The van der Waals surface area contributed by atoms with Crippen molar-refractivity contribution < 1.29 is 45.8 Å². The molecule has 1 saturated heterocycles. The molecular formula is C32H37F6N3O4. The number of hydrogen-bond acceptors (Lipinski definition) is 5. The van der Waals surface area contributed by atoms with Crippen molar-refractivity contribution in [1.82, 2.24) is 9.88 Å². The highest BCUT2D eigenvalue weighted by Gasteiger charge is 2.43. The van der Waals surface area contributed by atoms with E-state index in [4.69, 9.17) is 14.8 Å². The zero-order valence-corrected chi connectivity index (χ0v) is 25.3. The lowest BCUT2D eigenvalue weighted by Crippen LogP contribution is -2.35. The van der Waals surface area contributed by atoms with Gasteiger partial charge in [0.25, 0.3) is 0 Å². The lowest BCUT2D eigenvalue weighted by Gasteiger charge is -2.34. The van der Waals surface area contributed by atoms with E-state index >= 15 is 0 Å². The van der Waals surface area contributed by atoms with Gasteiger partial charge in [0.2, 0.25) is 0 Å². The van der Waals surface area contributed by atoms with Crippen LogP contribution in [0.25, 0.3) is 5.57 Å². The number of cyclic esters (lactones) is 1. The molecule has 7 nitrogen and oxygen atoms in total. The highest BCUT2D eigenvalue weighted by atomic mass is 19.4. The van der Waals surface area contributed by atoms with Crippen molar-refractivity contribution in [3.63, 3.8) is 0 Å². The van der Waals surface area contributed by atoms with Crippen molar-refractivity contribution in [1.29, 1.82) is 0 Å². The van der Waals surface area contributed by atoms with Gasteiger partial charge in [-0.05, 0) is 99.8 Å². The van der Waals surface area contributed by atoms with Crippen molar-refractivity contribution in [3.05, 3.63) is 65.0 Å². The molecule has 1 aliphatic heterocycles. The first-order valence-corrected chi connectivity index (χ1v) is 14.9. The van der Waals surface area contributed by atoms with E-state index in [2.05, 4.69) is 11.5 Å². The molecule has 1 saturated carbocycles. The van der Waals surface area contributed by atoms with Crippen molar-refractivity contribution in [3.8, 4) is 0 Å². The third-order valence-electron chi connectivity index (χ3n) is 8.67. The van der Waals surface area contributed by atoms with Crippen LogP contribution in [0.15, 0.2) is 36.9 Å². The maximum absolute atomic E-state index is 13.5. The zero-order chi connectivity index (χ0) is 33.3. The molecule has 0 bridgehead atoms. The van der Waals surface area contributed by atoms with Crippen molar-refractivity contribution >= 4 is 23.3 Å². The number of halogens is 6. The maximum atomic E-state index is 13.5. The second-order valence-electron chi connectivity index (χ2n) is 12.0. The molecule has 1 N–H and O–H groups in total. The Morgan fingerprint density at radius 1 is 1.04 bits per heavy atom. The van der Waals surface area contributed by atoms with Gasteiger partial charge in [0.05, 0.1) is 40.8 Å². The van der Waals surface area contributed by atoms with Crippen LogP contribution in [0.2, 0.25) is 0 Å². The van der Waals surface area contributed by atoms with Crippen LogP contribution in [0.5, 0.6) is 0 Å². The summed E-state index contributed by atoms with van der Waals surface area (Å²) in [6, 6.07) is 3.98. The predicted octanol–water partition coefficient (Wildman–Crippen LogP) is 8.34. The molecule has 2 aromatic rings. The maximum Gasteiger partial charge on any atom is 0.416 e. The number of nitrogens with zero attached hydrogens (tertiary/aromatic N) is 3. The molecule has 13 heteroatoms. The SMILES string of the molecule is C=C(C)c1ccc(N(CC)C[C@H]2CC[C@H](CC(=O)O)CC2)c(CN2C(=O)O[C@H](c3cc(C(F)(F)F)cc(C(F)(F)F)c3)[C@@H]2C)n1. The van der Waals surface area contributed by atoms with Crippen LogP contribution in [0, 0.1) is 11.8 Å². The molecule has 246 valence electrons. The summed E-state index contributed by atoms with van der Waals surface area (Å²) in [5.41, 5.74) is -0.911. The molecule has 45 heavy (non-hydrogen) atoms. The first-order valence-electron chi connectivity index (χ1n) is 14.9. The number of carbonyl (C=O) groups excluding carboxylic acids is 1. The van der Waals surface area contributed by atoms with E-state index in [1.165, 1.54) is 11.8 Å². The number of carboxylic acid groups (broad SMARTS) is 1. The lowest BCUT2D eigenvalue weighted by atomic mass is 9.80. The van der Waals surface area contributed by atoms with Gasteiger partial charge in [0, 0.05) is 19.5 Å². The van der Waals surface area contributed by atoms with Crippen molar-refractivity contribution in [2.24, 2.45) is 11.8 Å². The number of aliphatic carboxylic acids is 1. The molecule has 1 aliphatic carbocycles. The smallest absolute Gasteiger partial charge is 0.416 e. The number of amides is 1.